The van der Waals surface area contributed by atoms with Crippen LogP contribution in [0, 0.1) is 23.7 Å². The Morgan fingerprint density at radius 2 is 1.80 bits per heavy atom. The summed E-state index contributed by atoms with van der Waals surface area (Å²) < 4.78 is 32.0. The lowest BCUT2D eigenvalue weighted by Crippen LogP contribution is -2.63. The van der Waals surface area contributed by atoms with Crippen LogP contribution >= 0.6 is 0 Å². The van der Waals surface area contributed by atoms with Crippen LogP contribution in [0.4, 0.5) is 4.79 Å². The summed E-state index contributed by atoms with van der Waals surface area (Å²) >= 11 is 0. The molecule has 13 atom stereocenters. The number of amides is 1. The van der Waals surface area contributed by atoms with Crippen LogP contribution in [0.3, 0.4) is 0 Å². The molecule has 2 aromatic rings. The zero-order valence-corrected chi connectivity index (χ0v) is 37.5. The Kier molecular flexibility index (Phi) is 14.7. The Hall–Kier alpha value is -3.83. The number of ketones is 2. The quantitative estimate of drug-likeness (QED) is 0.219. The molecule has 0 radical (unpaired) electrons. The first-order valence-corrected chi connectivity index (χ1v) is 21.8. The highest BCUT2D eigenvalue weighted by molar-refractivity contribution is 6.00. The molecule has 4 aliphatic rings. The van der Waals surface area contributed by atoms with Gasteiger partial charge >= 0.3 is 12.1 Å². The fourth-order valence-electron chi connectivity index (χ4n) is 9.86. The molecule has 0 saturated carbocycles. The predicted molar refractivity (Wildman–Crippen MR) is 229 cm³/mol. The summed E-state index contributed by atoms with van der Waals surface area (Å²) in [7, 11) is 5.78. The maximum atomic E-state index is 15.1. The van der Waals surface area contributed by atoms with Crippen molar-refractivity contribution >= 4 is 40.6 Å². The van der Waals surface area contributed by atoms with Gasteiger partial charge in [-0.15, -0.1) is 0 Å². The highest BCUT2D eigenvalue weighted by atomic mass is 16.7. The number of aliphatic hydroxyl groups is 1. The Balaban J connectivity index is 1.41. The first kappa shape index (κ1) is 46.7. The molecule has 0 bridgehead atoms. The number of alkyl carbamates (subject to hydrolysis) is 1. The second-order valence-corrected chi connectivity index (χ2v) is 18.5. The van der Waals surface area contributed by atoms with Crippen molar-refractivity contribution in [1.82, 2.24) is 25.4 Å². The van der Waals surface area contributed by atoms with Gasteiger partial charge in [-0.3, -0.25) is 19.4 Å². The number of pyridine rings is 1. The lowest BCUT2D eigenvalue weighted by molar-refractivity contribution is -0.296. The summed E-state index contributed by atoms with van der Waals surface area (Å²) in [5.74, 6) is -5.23. The highest BCUT2D eigenvalue weighted by Gasteiger charge is 2.58. The Morgan fingerprint density at radius 1 is 1.08 bits per heavy atom. The molecule has 4 saturated heterocycles. The second-order valence-electron chi connectivity index (χ2n) is 18.5. The molecule has 1 amide bonds. The van der Waals surface area contributed by atoms with E-state index in [2.05, 4.69) is 20.5 Å². The predicted octanol–water partition coefficient (Wildman–Crippen LogP) is 3.99. The van der Waals surface area contributed by atoms with Gasteiger partial charge in [-0.2, -0.15) is 0 Å². The van der Waals surface area contributed by atoms with Crippen LogP contribution in [0.2, 0.25) is 0 Å². The molecule has 1 aromatic carbocycles. The van der Waals surface area contributed by atoms with E-state index in [0.717, 1.165) is 29.6 Å². The zero-order chi connectivity index (χ0) is 44.4. The standard InChI is InChI=1S/C46H67N5O10/c1-11-36-46(7)40(49-44(56)61-46)33(23-47-32-24-51(10)25-32)37(52)26(2)21-45(6,57-18-14-15-30-20-31-16-12-13-17-34(31)48-22-30)41(28(4)38(53)29(5)42(55)59-36)60-43-39(54)35(50(8)9)19-27(3)58-43/h12-17,20,22,26-29,32-33,35-36,39-41,43,47,54H,11,18-19,21,23-25H2,1-10H3,(H,49,56)/b15-14+/t26-,27-,28+,29-,33+,35+,36-,39-,40-,41-,43+,45+,46-/m1/s1. The van der Waals surface area contributed by atoms with Gasteiger partial charge in [-0.25, -0.2) is 4.79 Å². The number of carbonyl (C=O) groups is 4. The number of aromatic nitrogens is 1. The van der Waals surface area contributed by atoms with E-state index in [1.807, 2.05) is 96.2 Å². The normalized spacial score (nSPS) is 37.3. The number of likely N-dealkylation sites (N-methyl/N-ethyl adjacent to an activating group) is 2. The van der Waals surface area contributed by atoms with Crippen LogP contribution in [0.1, 0.15) is 73.3 Å². The molecule has 4 fully saturated rings. The number of cyclic esters (lactones) is 1. The SMILES string of the molecule is CC[C@H]1OC(=O)[C@H](C)C(=O)[C@H](C)[C@@H](O[C@@H]2O[C@H](C)C[C@H](N(C)C)[C@H]2O)[C@@](C)(OC/C=C/c2cnc3ccccc3c2)C[C@@H](C)C(=O)[C@H](CNC2CN(C)C2)[C@H]2NC(=O)O[C@@]21C. The summed E-state index contributed by atoms with van der Waals surface area (Å²) in [6, 6.07) is 8.81. The Labute approximate surface area is 360 Å². The third-order valence-corrected chi connectivity index (χ3v) is 13.4. The first-order valence-electron chi connectivity index (χ1n) is 21.8. The molecular formula is C46H67N5O10. The Morgan fingerprint density at radius 3 is 2.49 bits per heavy atom. The summed E-state index contributed by atoms with van der Waals surface area (Å²) in [5.41, 5.74) is -1.09. The number of para-hydroxylation sites is 1. The number of carbonyl (C=O) groups excluding carboxylic acids is 4. The summed E-state index contributed by atoms with van der Waals surface area (Å²) in [6.45, 7) is 14.1. The lowest BCUT2D eigenvalue weighted by atomic mass is 9.73. The molecule has 3 N–H and O–H groups in total. The summed E-state index contributed by atoms with van der Waals surface area (Å²) in [5, 5.41) is 19.1. The van der Waals surface area contributed by atoms with Crippen molar-refractivity contribution in [3.05, 3.63) is 48.2 Å². The van der Waals surface area contributed by atoms with Crippen LogP contribution in [-0.2, 0) is 38.1 Å². The molecule has 15 heteroatoms. The number of Topliss-reactive ketones (excluding diaryl/α,β-unsaturated/α-hetero) is 2. The van der Waals surface area contributed by atoms with E-state index in [0.29, 0.717) is 6.42 Å². The summed E-state index contributed by atoms with van der Waals surface area (Å²) in [4.78, 5) is 65.6. The number of nitrogens with zero attached hydrogens (tertiary/aromatic N) is 3. The molecule has 5 heterocycles. The molecule has 0 unspecified atom stereocenters. The number of ether oxygens (including phenoxy) is 5. The number of nitrogens with one attached hydrogen (secondary N) is 2. The van der Waals surface area contributed by atoms with Crippen LogP contribution in [0.15, 0.2) is 42.6 Å². The molecule has 6 rings (SSSR count). The van der Waals surface area contributed by atoms with E-state index in [1.165, 1.54) is 6.92 Å². The summed E-state index contributed by atoms with van der Waals surface area (Å²) in [6.07, 6.45) is 1.03. The average molecular weight is 850 g/mol. The van der Waals surface area contributed by atoms with E-state index in [9.17, 15) is 19.5 Å². The minimum absolute atomic E-state index is 0.0519. The van der Waals surface area contributed by atoms with E-state index < -0.39 is 83.4 Å². The highest BCUT2D eigenvalue weighted by Crippen LogP contribution is 2.40. The lowest BCUT2D eigenvalue weighted by Gasteiger charge is -2.47. The van der Waals surface area contributed by atoms with Gasteiger partial charge < -0.3 is 49.2 Å². The van der Waals surface area contributed by atoms with Crippen LogP contribution < -0.4 is 10.6 Å². The minimum Gasteiger partial charge on any atom is -0.458 e. The average Bonchev–Trinajstić information content (AvgIpc) is 3.52. The molecule has 1 aromatic heterocycles. The van der Waals surface area contributed by atoms with Crippen molar-refractivity contribution in [2.45, 2.75) is 128 Å². The van der Waals surface area contributed by atoms with Gasteiger partial charge in [0.05, 0.1) is 41.9 Å². The van der Waals surface area contributed by atoms with Crippen molar-refractivity contribution in [2.24, 2.45) is 23.7 Å². The van der Waals surface area contributed by atoms with E-state index in [1.54, 1.807) is 20.0 Å². The van der Waals surface area contributed by atoms with Gasteiger partial charge in [-0.05, 0) is 85.8 Å². The molecule has 15 nitrogen and oxygen atoms in total. The number of likely N-dealkylation sites (tertiary alicyclic amines) is 1. The Bertz CT molecular complexity index is 1920. The smallest absolute Gasteiger partial charge is 0.408 e. The maximum absolute atomic E-state index is 15.1. The number of fused-ring (bicyclic) bond motifs is 2. The van der Waals surface area contributed by atoms with E-state index in [-0.39, 0.29) is 50.0 Å². The number of hydrogen-bond donors (Lipinski definition) is 3. The van der Waals surface area contributed by atoms with Crippen molar-refractivity contribution in [3.8, 4) is 0 Å². The van der Waals surface area contributed by atoms with Crippen molar-refractivity contribution in [2.75, 3.05) is 47.4 Å². The number of benzene rings is 1. The number of esters is 1. The number of aliphatic hydroxyl groups excluding tert-OH is 1. The number of hydrogen-bond acceptors (Lipinski definition) is 14. The first-order chi connectivity index (χ1) is 28.8. The fourth-order valence-corrected chi connectivity index (χ4v) is 9.86. The fraction of sp³-hybridized carbons (Fsp3) is 0.674. The zero-order valence-electron chi connectivity index (χ0n) is 37.5. The molecule has 0 aliphatic carbocycles. The molecule has 336 valence electrons. The van der Waals surface area contributed by atoms with E-state index >= 15 is 4.79 Å². The second kappa shape index (κ2) is 19.3. The van der Waals surface area contributed by atoms with Gasteiger partial charge in [0.1, 0.15) is 23.9 Å². The molecule has 61 heavy (non-hydrogen) atoms. The van der Waals surface area contributed by atoms with Crippen LogP contribution in [0.25, 0.3) is 17.0 Å². The van der Waals surface area contributed by atoms with Gasteiger partial charge in [-0.1, -0.05) is 51.1 Å². The van der Waals surface area contributed by atoms with Crippen molar-refractivity contribution < 1.29 is 48.0 Å². The van der Waals surface area contributed by atoms with E-state index in [4.69, 9.17) is 23.7 Å². The van der Waals surface area contributed by atoms with Crippen molar-refractivity contribution in [1.29, 1.82) is 0 Å². The van der Waals surface area contributed by atoms with Crippen LogP contribution in [0.5, 0.6) is 0 Å². The third-order valence-electron chi connectivity index (χ3n) is 13.4. The monoisotopic (exact) mass is 849 g/mol. The van der Waals surface area contributed by atoms with Crippen molar-refractivity contribution in [3.63, 3.8) is 0 Å². The van der Waals surface area contributed by atoms with Crippen LogP contribution in [-0.4, -0.2) is 151 Å². The number of rotatable bonds is 11. The van der Waals surface area contributed by atoms with Gasteiger partial charge in [0, 0.05) is 55.1 Å². The topological polar surface area (TPSA) is 178 Å². The van der Waals surface area contributed by atoms with Gasteiger partial charge in [0.25, 0.3) is 0 Å². The molecule has 4 aliphatic heterocycles. The largest absolute Gasteiger partial charge is 0.458 e. The maximum Gasteiger partial charge on any atom is 0.408 e. The molecule has 0 spiro atoms. The van der Waals surface area contributed by atoms with Gasteiger partial charge in [0.15, 0.2) is 17.7 Å². The van der Waals surface area contributed by atoms with Gasteiger partial charge in [0.2, 0.25) is 0 Å². The molecular weight excluding hydrogens is 783 g/mol. The third kappa shape index (κ3) is 10.2. The minimum atomic E-state index is -1.43.